The normalized spacial score (nSPS) is 12.2. The van der Waals surface area contributed by atoms with Crippen molar-refractivity contribution in [1.82, 2.24) is 15.6 Å². The molecule has 0 aliphatic heterocycles. The highest BCUT2D eigenvalue weighted by Crippen LogP contribution is 2.18. The first kappa shape index (κ1) is 23.6. The van der Waals surface area contributed by atoms with E-state index in [2.05, 4.69) is 27.5 Å². The Kier molecular flexibility index (Phi) is 11.3. The Balaban J connectivity index is 0.00000364. The van der Waals surface area contributed by atoms with Crippen LogP contribution < -0.4 is 15.4 Å². The van der Waals surface area contributed by atoms with Crippen LogP contribution in [0.1, 0.15) is 30.2 Å². The molecule has 2 rings (SSSR count). The number of hydrogen-bond donors (Lipinski definition) is 2. The van der Waals surface area contributed by atoms with E-state index in [1.165, 1.54) is 10.9 Å². The molecule has 1 unspecified atom stereocenters. The average molecular weight is 506 g/mol. The zero-order chi connectivity index (χ0) is 18.8. The van der Waals surface area contributed by atoms with Crippen molar-refractivity contribution in [2.45, 2.75) is 39.7 Å². The topological polar surface area (TPSA) is 58.5 Å². The SMILES string of the molecule is CCNC(=NCC(CC)Oc1ccccc1F)NCCc1ncc(C)s1.I. The maximum atomic E-state index is 13.7. The summed E-state index contributed by atoms with van der Waals surface area (Å²) in [7, 11) is 0. The van der Waals surface area contributed by atoms with Crippen LogP contribution in [0.4, 0.5) is 4.39 Å². The summed E-state index contributed by atoms with van der Waals surface area (Å²) in [5.74, 6) is 0.654. The van der Waals surface area contributed by atoms with Gasteiger partial charge in [0.1, 0.15) is 6.10 Å². The number of guanidine groups is 1. The number of aryl methyl sites for hydroxylation is 1. The number of thiazole rings is 1. The third kappa shape index (κ3) is 8.42. The minimum absolute atomic E-state index is 0. The van der Waals surface area contributed by atoms with Crippen LogP contribution in [0.15, 0.2) is 35.5 Å². The molecule has 2 N–H and O–H groups in total. The number of nitrogens with zero attached hydrogens (tertiary/aromatic N) is 2. The van der Waals surface area contributed by atoms with Crippen molar-refractivity contribution in [1.29, 1.82) is 0 Å². The summed E-state index contributed by atoms with van der Waals surface area (Å²) >= 11 is 1.71. The molecule has 1 aromatic heterocycles. The quantitative estimate of drug-likeness (QED) is 0.305. The van der Waals surface area contributed by atoms with Crippen LogP contribution in [-0.2, 0) is 6.42 Å². The summed E-state index contributed by atoms with van der Waals surface area (Å²) in [5, 5.41) is 7.64. The van der Waals surface area contributed by atoms with Crippen molar-refractivity contribution in [3.05, 3.63) is 46.2 Å². The second-order valence-corrected chi connectivity index (χ2v) is 7.16. The molecule has 1 heterocycles. The van der Waals surface area contributed by atoms with Crippen molar-refractivity contribution < 1.29 is 9.13 Å². The lowest BCUT2D eigenvalue weighted by Crippen LogP contribution is -2.39. The Morgan fingerprint density at radius 1 is 1.30 bits per heavy atom. The molecule has 8 heteroatoms. The van der Waals surface area contributed by atoms with Gasteiger partial charge in [-0.25, -0.2) is 14.4 Å². The predicted molar refractivity (Wildman–Crippen MR) is 121 cm³/mol. The van der Waals surface area contributed by atoms with E-state index in [4.69, 9.17) is 4.74 Å². The monoisotopic (exact) mass is 506 g/mol. The number of ether oxygens (including phenoxy) is 1. The first-order chi connectivity index (χ1) is 12.6. The smallest absolute Gasteiger partial charge is 0.191 e. The number of para-hydroxylation sites is 1. The molecule has 0 radical (unpaired) electrons. The fourth-order valence-electron chi connectivity index (χ4n) is 2.31. The van der Waals surface area contributed by atoms with Crippen LogP contribution >= 0.6 is 35.3 Å². The van der Waals surface area contributed by atoms with Gasteiger partial charge in [0, 0.05) is 30.6 Å². The van der Waals surface area contributed by atoms with E-state index in [1.54, 1.807) is 29.5 Å². The maximum absolute atomic E-state index is 13.7. The first-order valence-electron chi connectivity index (χ1n) is 8.97. The molecule has 2 aromatic rings. The second kappa shape index (κ2) is 12.9. The summed E-state index contributed by atoms with van der Waals surface area (Å²) in [6.45, 7) is 8.06. The number of benzene rings is 1. The highest BCUT2D eigenvalue weighted by molar-refractivity contribution is 14.0. The fraction of sp³-hybridized carbons (Fsp3) is 0.474. The van der Waals surface area contributed by atoms with Gasteiger partial charge in [-0.2, -0.15) is 0 Å². The van der Waals surface area contributed by atoms with Crippen molar-refractivity contribution in [3.8, 4) is 5.75 Å². The molecule has 0 aliphatic rings. The zero-order valence-corrected chi connectivity index (χ0v) is 19.1. The number of halogens is 2. The van der Waals surface area contributed by atoms with Crippen molar-refractivity contribution in [2.75, 3.05) is 19.6 Å². The van der Waals surface area contributed by atoms with E-state index >= 15 is 0 Å². The highest BCUT2D eigenvalue weighted by atomic mass is 127. The van der Waals surface area contributed by atoms with Gasteiger partial charge in [-0.1, -0.05) is 19.1 Å². The molecular formula is C19H28FIN4OS. The van der Waals surface area contributed by atoms with E-state index in [1.807, 2.05) is 20.0 Å². The Labute approximate surface area is 181 Å². The third-order valence-electron chi connectivity index (χ3n) is 3.68. The standard InChI is InChI=1S/C19H27FN4OS.HI/c1-4-15(25-17-9-7-6-8-16(17)20)13-24-19(21-5-2)22-11-10-18-23-12-14(3)26-18;/h6-9,12,15H,4-5,10-11,13H2,1-3H3,(H2,21,22,24);1H. The molecule has 27 heavy (non-hydrogen) atoms. The van der Waals surface area contributed by atoms with Crippen LogP contribution in [0.25, 0.3) is 0 Å². The van der Waals surface area contributed by atoms with Gasteiger partial charge in [0.25, 0.3) is 0 Å². The Morgan fingerprint density at radius 2 is 2.07 bits per heavy atom. The number of aromatic nitrogens is 1. The summed E-state index contributed by atoms with van der Waals surface area (Å²) in [6.07, 6.45) is 3.32. The maximum Gasteiger partial charge on any atom is 0.191 e. The van der Waals surface area contributed by atoms with Gasteiger partial charge in [-0.05, 0) is 32.4 Å². The largest absolute Gasteiger partial charge is 0.485 e. The summed E-state index contributed by atoms with van der Waals surface area (Å²) in [6, 6.07) is 6.46. The van der Waals surface area contributed by atoms with Gasteiger partial charge in [0.05, 0.1) is 11.6 Å². The number of hydrogen-bond acceptors (Lipinski definition) is 4. The number of rotatable bonds is 9. The number of nitrogens with one attached hydrogen (secondary N) is 2. The van der Waals surface area contributed by atoms with Crippen LogP contribution in [0, 0.1) is 12.7 Å². The lowest BCUT2D eigenvalue weighted by Gasteiger charge is -2.17. The molecule has 0 amide bonds. The van der Waals surface area contributed by atoms with Crippen LogP contribution in [0.2, 0.25) is 0 Å². The van der Waals surface area contributed by atoms with Crippen molar-refractivity contribution in [2.24, 2.45) is 4.99 Å². The van der Waals surface area contributed by atoms with Crippen molar-refractivity contribution in [3.63, 3.8) is 0 Å². The minimum atomic E-state index is -0.348. The summed E-state index contributed by atoms with van der Waals surface area (Å²) < 4.78 is 19.5. The summed E-state index contributed by atoms with van der Waals surface area (Å²) in [4.78, 5) is 10.2. The molecule has 5 nitrogen and oxygen atoms in total. The van der Waals surface area contributed by atoms with Crippen molar-refractivity contribution >= 4 is 41.3 Å². The Morgan fingerprint density at radius 3 is 2.70 bits per heavy atom. The second-order valence-electron chi connectivity index (χ2n) is 5.84. The Hall–Kier alpha value is -1.42. The van der Waals surface area contributed by atoms with E-state index < -0.39 is 0 Å². The summed E-state index contributed by atoms with van der Waals surface area (Å²) in [5.41, 5.74) is 0. The molecule has 0 saturated carbocycles. The van der Waals surface area contributed by atoms with E-state index in [0.29, 0.717) is 6.54 Å². The molecule has 1 aromatic carbocycles. The highest BCUT2D eigenvalue weighted by Gasteiger charge is 2.11. The third-order valence-corrected chi connectivity index (χ3v) is 4.66. The fourth-order valence-corrected chi connectivity index (χ4v) is 3.10. The molecule has 150 valence electrons. The lowest BCUT2D eigenvalue weighted by molar-refractivity contribution is 0.196. The lowest BCUT2D eigenvalue weighted by atomic mass is 10.2. The molecule has 0 fully saturated rings. The molecule has 0 saturated heterocycles. The molecular weight excluding hydrogens is 478 g/mol. The molecule has 1 atom stereocenters. The van der Waals surface area contributed by atoms with Crippen LogP contribution in [-0.4, -0.2) is 36.7 Å². The average Bonchev–Trinajstić information content (AvgIpc) is 3.05. The Bertz CT molecular complexity index is 711. The van der Waals surface area contributed by atoms with Crippen LogP contribution in [0.3, 0.4) is 0 Å². The van der Waals surface area contributed by atoms with E-state index in [-0.39, 0.29) is 41.6 Å². The van der Waals surface area contributed by atoms with Gasteiger partial charge in [-0.15, -0.1) is 35.3 Å². The molecule has 0 bridgehead atoms. The van der Waals surface area contributed by atoms with Gasteiger partial charge < -0.3 is 15.4 Å². The first-order valence-corrected chi connectivity index (χ1v) is 9.78. The molecule has 0 aliphatic carbocycles. The van der Waals surface area contributed by atoms with E-state index in [0.717, 1.165) is 36.9 Å². The zero-order valence-electron chi connectivity index (χ0n) is 16.0. The van der Waals surface area contributed by atoms with Gasteiger partial charge in [0.15, 0.2) is 17.5 Å². The van der Waals surface area contributed by atoms with Crippen LogP contribution in [0.5, 0.6) is 5.75 Å². The predicted octanol–water partition coefficient (Wildman–Crippen LogP) is 4.16. The number of aliphatic imine (C=N–C) groups is 1. The van der Waals surface area contributed by atoms with Gasteiger partial charge in [0.2, 0.25) is 0 Å². The van der Waals surface area contributed by atoms with E-state index in [9.17, 15) is 4.39 Å². The van der Waals surface area contributed by atoms with Gasteiger partial charge >= 0.3 is 0 Å². The van der Waals surface area contributed by atoms with Gasteiger partial charge in [-0.3, -0.25) is 0 Å². The minimum Gasteiger partial charge on any atom is -0.485 e. The molecule has 0 spiro atoms.